The van der Waals surface area contributed by atoms with Crippen LogP contribution >= 0.6 is 0 Å². The third-order valence-corrected chi connectivity index (χ3v) is 1.44. The normalized spacial score (nSPS) is 10.9. The molecule has 0 heterocycles. The predicted octanol–water partition coefficient (Wildman–Crippen LogP) is 0.843. The van der Waals surface area contributed by atoms with Crippen LogP contribution in [0.25, 0.3) is 0 Å². The molecule has 0 amide bonds. The Morgan fingerprint density at radius 1 is 1.13 bits per heavy atom. The number of aliphatic carboxylic acids is 1. The first kappa shape index (κ1) is 17.3. The number of hydrogen-bond donors (Lipinski definition) is 1. The average molecular weight is 234 g/mol. The van der Waals surface area contributed by atoms with Gasteiger partial charge in [-0.1, -0.05) is 0 Å². The predicted molar refractivity (Wildman–Crippen MR) is 63.0 cm³/mol. The molecule has 0 rings (SSSR count). The first-order valence-corrected chi connectivity index (χ1v) is 4.94. The molecule has 0 aliphatic carbocycles. The van der Waals surface area contributed by atoms with Crippen molar-refractivity contribution >= 4 is 23.3 Å². The molecule has 0 aliphatic rings. The summed E-state index contributed by atoms with van der Waals surface area (Å²) in [6.07, 6.45) is 0.154. The highest BCUT2D eigenvalue weighted by Crippen LogP contribution is 2.10. The molecular weight excluding hydrogens is 211 g/mol. The van der Waals surface area contributed by atoms with Crippen LogP contribution in [0, 0.1) is 0 Å². The summed E-state index contributed by atoms with van der Waals surface area (Å²) in [5.41, 5.74) is 0. The van der Waals surface area contributed by atoms with Gasteiger partial charge in [-0.2, -0.15) is 0 Å². The molecule has 15 heavy (non-hydrogen) atoms. The second kappa shape index (κ2) is 9.17. The Labute approximate surface area is 102 Å². The summed E-state index contributed by atoms with van der Waals surface area (Å²) >= 11 is 0. The summed E-state index contributed by atoms with van der Waals surface area (Å²) in [5.74, 6) is -0.824. The van der Waals surface area contributed by atoms with Gasteiger partial charge in [0.1, 0.15) is 0 Å². The maximum Gasteiger partial charge on any atom is 0.303 e. The molecule has 0 atom stereocenters. The molecule has 0 aromatic rings. The minimum absolute atomic E-state index is 0. The number of rotatable bonds is 7. The van der Waals surface area contributed by atoms with E-state index in [1.54, 1.807) is 0 Å². The van der Waals surface area contributed by atoms with Gasteiger partial charge in [0.15, 0.2) is 23.7 Å². The van der Waals surface area contributed by atoms with E-state index < -0.39 is 12.3 Å². The monoisotopic (exact) mass is 234 g/mol. The summed E-state index contributed by atoms with van der Waals surface area (Å²) in [7, 11) is 0. The van der Waals surface area contributed by atoms with Crippen LogP contribution in [0.3, 0.4) is 0 Å². The Balaban J connectivity index is 0. The number of carbonyl (C=O) groups is 1. The molecule has 5 heteroatoms. The Bertz CT molecular complexity index is 161. The minimum atomic E-state index is -0.824. The van der Waals surface area contributed by atoms with Gasteiger partial charge in [-0.25, -0.2) is 0 Å². The molecule has 90 valence electrons. The number of hydrogen-bond acceptors (Lipinski definition) is 3. The molecule has 0 bridgehead atoms. The van der Waals surface area contributed by atoms with Gasteiger partial charge in [-0.05, 0) is 27.7 Å². The third kappa shape index (κ3) is 11.9. The lowest BCUT2D eigenvalue weighted by Gasteiger charge is -2.22. The molecule has 0 saturated carbocycles. The number of carboxylic acid groups (broad SMARTS) is 1. The Hall–Kier alpha value is -0.0775. The molecule has 0 saturated heterocycles. The number of ether oxygens (including phenoxy) is 2. The molecule has 1 N–H and O–H groups in total. The van der Waals surface area contributed by atoms with E-state index >= 15 is 0 Å². The Morgan fingerprint density at radius 2 is 1.53 bits per heavy atom. The fourth-order valence-electron chi connectivity index (χ4n) is 1.02. The number of carboxylic acids is 1. The maximum atomic E-state index is 10.4. The van der Waals surface area contributed by atoms with Crippen LogP contribution in [0.4, 0.5) is 0 Å². The van der Waals surface area contributed by atoms with E-state index in [4.69, 9.17) is 14.6 Å². The van der Waals surface area contributed by atoms with Gasteiger partial charge in [0.2, 0.25) is 0 Å². The largest absolute Gasteiger partial charge is 0.481 e. The van der Waals surface area contributed by atoms with Crippen LogP contribution in [0.2, 0.25) is 0 Å². The summed E-state index contributed by atoms with van der Waals surface area (Å²) < 4.78 is 10.9. The van der Waals surface area contributed by atoms with Gasteiger partial charge in [0, 0.05) is 6.42 Å². The van der Waals surface area contributed by atoms with Gasteiger partial charge in [0.05, 0.1) is 18.6 Å². The highest BCUT2D eigenvalue weighted by Gasteiger charge is 2.14. The zero-order chi connectivity index (χ0) is 11.1. The molecule has 0 aromatic carbocycles. The first-order chi connectivity index (χ1) is 6.41. The lowest BCUT2D eigenvalue weighted by atomic mass is 10.3. The summed E-state index contributed by atoms with van der Waals surface area (Å²) in [5, 5.41) is 8.52. The second-order valence-corrected chi connectivity index (χ2v) is 3.73. The third-order valence-electron chi connectivity index (χ3n) is 1.44. The van der Waals surface area contributed by atoms with Crippen molar-refractivity contribution in [1.29, 1.82) is 0 Å². The molecule has 0 unspecified atom stereocenters. The van der Waals surface area contributed by atoms with Crippen LogP contribution in [0.15, 0.2) is 0 Å². The van der Waals surface area contributed by atoms with Gasteiger partial charge < -0.3 is 14.6 Å². The molecule has 4 nitrogen and oxygen atoms in total. The van der Waals surface area contributed by atoms with Crippen molar-refractivity contribution in [2.24, 2.45) is 0 Å². The minimum Gasteiger partial charge on any atom is -0.481 e. The van der Waals surface area contributed by atoms with E-state index in [1.807, 2.05) is 27.7 Å². The van der Waals surface area contributed by atoms with Crippen LogP contribution < -0.4 is 0 Å². The lowest BCUT2D eigenvalue weighted by Crippen LogP contribution is -2.25. The van der Waals surface area contributed by atoms with E-state index in [0.717, 1.165) is 0 Å². The molecule has 0 spiro atoms. The molecular formula is C10H23AlO4. The zero-order valence-corrected chi connectivity index (χ0v) is 9.32. The second-order valence-electron chi connectivity index (χ2n) is 3.73. The first-order valence-electron chi connectivity index (χ1n) is 4.94. The van der Waals surface area contributed by atoms with Crippen molar-refractivity contribution < 1.29 is 19.4 Å². The molecule has 0 fully saturated rings. The lowest BCUT2D eigenvalue weighted by molar-refractivity contribution is -0.186. The van der Waals surface area contributed by atoms with E-state index in [9.17, 15) is 4.79 Å². The van der Waals surface area contributed by atoms with Gasteiger partial charge in [0.25, 0.3) is 0 Å². The highest BCUT2D eigenvalue weighted by molar-refractivity contribution is 5.75. The molecule has 0 aliphatic heterocycles. The quantitative estimate of drug-likeness (QED) is 0.524. The van der Waals surface area contributed by atoms with Crippen LogP contribution in [0.5, 0.6) is 0 Å². The summed E-state index contributed by atoms with van der Waals surface area (Å²) in [6.45, 7) is 7.60. The highest BCUT2D eigenvalue weighted by atomic mass is 27.0. The summed E-state index contributed by atoms with van der Waals surface area (Å²) in [6, 6.07) is 0. The summed E-state index contributed by atoms with van der Waals surface area (Å²) in [4.78, 5) is 10.4. The Morgan fingerprint density at radius 3 is 1.80 bits per heavy atom. The Kier molecular flexibility index (Phi) is 10.6. The molecule has 0 aromatic heterocycles. The maximum absolute atomic E-state index is 10.4. The smallest absolute Gasteiger partial charge is 0.303 e. The van der Waals surface area contributed by atoms with Crippen LogP contribution in [-0.4, -0.2) is 46.9 Å². The average Bonchev–Trinajstić information content (AvgIpc) is 1.97. The van der Waals surface area contributed by atoms with E-state index in [2.05, 4.69) is 0 Å². The van der Waals surface area contributed by atoms with Crippen LogP contribution in [-0.2, 0) is 14.3 Å². The topological polar surface area (TPSA) is 55.8 Å². The van der Waals surface area contributed by atoms with Gasteiger partial charge >= 0.3 is 5.97 Å². The molecule has 0 radical (unpaired) electrons. The SMILES string of the molecule is CC(C)OC(CCC(=O)O)OC(C)C.[AlH3]. The van der Waals surface area contributed by atoms with Crippen molar-refractivity contribution in [3.05, 3.63) is 0 Å². The van der Waals surface area contributed by atoms with Gasteiger partial charge in [-0.3, -0.25) is 4.79 Å². The van der Waals surface area contributed by atoms with Crippen molar-refractivity contribution in [2.45, 2.75) is 59.0 Å². The van der Waals surface area contributed by atoms with Gasteiger partial charge in [-0.15, -0.1) is 0 Å². The van der Waals surface area contributed by atoms with Crippen molar-refractivity contribution in [2.75, 3.05) is 0 Å². The van der Waals surface area contributed by atoms with Crippen LogP contribution in [0.1, 0.15) is 40.5 Å². The van der Waals surface area contributed by atoms with E-state index in [1.165, 1.54) is 0 Å². The standard InChI is InChI=1S/C10H20O4.Al.3H/c1-7(2)13-10(14-8(3)4)6-5-9(11)12;;;;/h7-8,10H,5-6H2,1-4H3,(H,11,12);;;;. The van der Waals surface area contributed by atoms with Crippen molar-refractivity contribution in [3.63, 3.8) is 0 Å². The zero-order valence-electron chi connectivity index (χ0n) is 9.32. The van der Waals surface area contributed by atoms with E-state index in [-0.39, 0.29) is 36.0 Å². The fraction of sp³-hybridized carbons (Fsp3) is 0.900. The van der Waals surface area contributed by atoms with Crippen molar-refractivity contribution in [1.82, 2.24) is 0 Å². The van der Waals surface area contributed by atoms with Crippen molar-refractivity contribution in [3.8, 4) is 0 Å². The van der Waals surface area contributed by atoms with E-state index in [0.29, 0.717) is 6.42 Å². The fourth-order valence-corrected chi connectivity index (χ4v) is 1.02.